The van der Waals surface area contributed by atoms with Gasteiger partial charge in [0.05, 0.1) is 11.8 Å². The summed E-state index contributed by atoms with van der Waals surface area (Å²) in [7, 11) is 0. The Morgan fingerprint density at radius 2 is 1.45 bits per heavy atom. The largest absolute Gasteiger partial charge is 0.455 e. The maximum absolute atomic E-state index is 13.5. The molecule has 0 bridgehead atoms. The van der Waals surface area contributed by atoms with Gasteiger partial charge in [-0.25, -0.2) is 22.0 Å². The maximum Gasteiger partial charge on any atom is 0.416 e. The van der Waals surface area contributed by atoms with E-state index >= 15 is 0 Å². The Balaban J connectivity index is 1.81. The highest BCUT2D eigenvalue weighted by molar-refractivity contribution is 5.78. The van der Waals surface area contributed by atoms with E-state index in [-0.39, 0.29) is 17.1 Å². The fourth-order valence-corrected chi connectivity index (χ4v) is 2.29. The highest BCUT2D eigenvalue weighted by Gasteiger charge is 2.30. The van der Waals surface area contributed by atoms with Crippen LogP contribution in [0.3, 0.4) is 0 Å². The fourth-order valence-electron chi connectivity index (χ4n) is 2.29. The van der Waals surface area contributed by atoms with Gasteiger partial charge in [0.2, 0.25) is 5.82 Å². The van der Waals surface area contributed by atoms with E-state index < -0.39 is 46.5 Å². The molecule has 3 aromatic rings. The second-order valence-corrected chi connectivity index (χ2v) is 5.60. The minimum Gasteiger partial charge on any atom is -0.455 e. The smallest absolute Gasteiger partial charge is 0.416 e. The van der Waals surface area contributed by atoms with E-state index in [4.69, 9.17) is 4.42 Å². The maximum atomic E-state index is 13.5. The summed E-state index contributed by atoms with van der Waals surface area (Å²) in [5.74, 6) is -10.8. The molecule has 2 aromatic carbocycles. The highest BCUT2D eigenvalue weighted by Crippen LogP contribution is 2.32. The average Bonchev–Trinajstić information content (AvgIpc) is 3.16. The van der Waals surface area contributed by atoms with E-state index in [1.54, 1.807) is 5.43 Å². The number of anilines is 1. The second kappa shape index (κ2) is 7.57. The molecule has 152 valence electrons. The van der Waals surface area contributed by atoms with Crippen LogP contribution in [0.2, 0.25) is 0 Å². The first-order valence-electron chi connectivity index (χ1n) is 7.67. The molecule has 0 atom stereocenters. The summed E-state index contributed by atoms with van der Waals surface area (Å²) >= 11 is 0. The van der Waals surface area contributed by atoms with Crippen molar-refractivity contribution in [2.45, 2.75) is 6.18 Å². The van der Waals surface area contributed by atoms with Gasteiger partial charge in [0.1, 0.15) is 17.2 Å². The van der Waals surface area contributed by atoms with Crippen molar-refractivity contribution in [3.05, 3.63) is 76.8 Å². The van der Waals surface area contributed by atoms with Gasteiger partial charge in [0, 0.05) is 5.56 Å². The lowest BCUT2D eigenvalue weighted by atomic mass is 10.1. The summed E-state index contributed by atoms with van der Waals surface area (Å²) in [6.45, 7) is 0. The molecule has 1 aromatic heterocycles. The summed E-state index contributed by atoms with van der Waals surface area (Å²) in [5, 5.41) is 3.32. The molecule has 1 heterocycles. The Kier molecular flexibility index (Phi) is 5.31. The van der Waals surface area contributed by atoms with Crippen LogP contribution >= 0.6 is 0 Å². The van der Waals surface area contributed by atoms with Crippen molar-refractivity contribution in [3.8, 4) is 11.3 Å². The van der Waals surface area contributed by atoms with Crippen LogP contribution in [0.25, 0.3) is 11.3 Å². The molecule has 0 radical (unpaired) electrons. The van der Waals surface area contributed by atoms with Gasteiger partial charge in [-0.2, -0.15) is 18.3 Å². The van der Waals surface area contributed by atoms with Crippen LogP contribution in [0.5, 0.6) is 0 Å². The third kappa shape index (κ3) is 4.08. The summed E-state index contributed by atoms with van der Waals surface area (Å²) < 4.78 is 110. The highest BCUT2D eigenvalue weighted by atomic mass is 19.4. The number of alkyl halides is 3. The zero-order valence-electron chi connectivity index (χ0n) is 13.9. The van der Waals surface area contributed by atoms with E-state index in [9.17, 15) is 35.1 Å². The quantitative estimate of drug-likeness (QED) is 0.182. The SMILES string of the molecule is Fc1c(F)c(F)c(N/N=C\c2ccc(-c3cccc(C(F)(F)F)c3)o2)c(F)c1F. The summed E-state index contributed by atoms with van der Waals surface area (Å²) in [5.41, 5.74) is -0.482. The summed E-state index contributed by atoms with van der Waals surface area (Å²) in [6, 6.07) is 6.87. The number of benzene rings is 2. The van der Waals surface area contributed by atoms with Crippen molar-refractivity contribution in [2.24, 2.45) is 5.10 Å². The van der Waals surface area contributed by atoms with Crippen molar-refractivity contribution in [3.63, 3.8) is 0 Å². The third-order valence-corrected chi connectivity index (χ3v) is 3.68. The van der Waals surface area contributed by atoms with E-state index in [0.29, 0.717) is 0 Å². The lowest BCUT2D eigenvalue weighted by molar-refractivity contribution is -0.137. The fraction of sp³-hybridized carbons (Fsp3) is 0.0556. The number of nitrogens with zero attached hydrogens (tertiary/aromatic N) is 1. The van der Waals surface area contributed by atoms with Gasteiger partial charge in [-0.1, -0.05) is 12.1 Å². The van der Waals surface area contributed by atoms with Gasteiger partial charge in [-0.15, -0.1) is 0 Å². The molecule has 0 unspecified atom stereocenters. The number of hydrogen-bond donors (Lipinski definition) is 1. The van der Waals surface area contributed by atoms with Crippen LogP contribution in [0.1, 0.15) is 11.3 Å². The predicted molar refractivity (Wildman–Crippen MR) is 86.6 cm³/mol. The first-order chi connectivity index (χ1) is 13.6. The molecule has 0 fully saturated rings. The van der Waals surface area contributed by atoms with Gasteiger partial charge in [-0.05, 0) is 24.3 Å². The summed E-state index contributed by atoms with van der Waals surface area (Å²) in [4.78, 5) is 0. The Bertz CT molecular complexity index is 1060. The normalized spacial score (nSPS) is 12.0. The number of nitrogens with one attached hydrogen (secondary N) is 1. The minimum absolute atomic E-state index is 0.0359. The lowest BCUT2D eigenvalue weighted by Crippen LogP contribution is -2.06. The molecule has 1 N–H and O–H groups in total. The van der Waals surface area contributed by atoms with Crippen LogP contribution in [-0.4, -0.2) is 6.21 Å². The topological polar surface area (TPSA) is 37.5 Å². The Morgan fingerprint density at radius 3 is 2.07 bits per heavy atom. The van der Waals surface area contributed by atoms with Gasteiger partial charge in [0.25, 0.3) is 0 Å². The molecular weight excluding hydrogens is 412 g/mol. The first kappa shape index (κ1) is 20.4. The molecule has 3 nitrogen and oxygen atoms in total. The van der Waals surface area contributed by atoms with Crippen molar-refractivity contribution in [1.82, 2.24) is 0 Å². The van der Waals surface area contributed by atoms with E-state index in [2.05, 4.69) is 5.10 Å². The zero-order chi connectivity index (χ0) is 21.3. The van der Waals surface area contributed by atoms with Crippen molar-refractivity contribution >= 4 is 11.9 Å². The van der Waals surface area contributed by atoms with Crippen molar-refractivity contribution < 1.29 is 39.5 Å². The number of hydrazone groups is 1. The van der Waals surface area contributed by atoms with Gasteiger partial charge in [0.15, 0.2) is 23.3 Å². The lowest BCUT2D eigenvalue weighted by Gasteiger charge is -2.07. The van der Waals surface area contributed by atoms with E-state index in [1.807, 2.05) is 0 Å². The van der Waals surface area contributed by atoms with Crippen molar-refractivity contribution in [2.75, 3.05) is 5.43 Å². The molecule has 3 rings (SSSR count). The third-order valence-electron chi connectivity index (χ3n) is 3.68. The molecule has 29 heavy (non-hydrogen) atoms. The van der Waals surface area contributed by atoms with Crippen LogP contribution in [-0.2, 0) is 6.18 Å². The number of rotatable bonds is 4. The first-order valence-corrected chi connectivity index (χ1v) is 7.67. The molecular formula is C18H8F8N2O. The average molecular weight is 420 g/mol. The van der Waals surface area contributed by atoms with Gasteiger partial charge in [-0.3, -0.25) is 5.43 Å². The molecule has 0 aliphatic rings. The Labute approximate surface area is 157 Å². The van der Waals surface area contributed by atoms with Crippen LogP contribution in [0.15, 0.2) is 45.9 Å². The van der Waals surface area contributed by atoms with Gasteiger partial charge >= 0.3 is 6.18 Å². The Morgan fingerprint density at radius 1 is 0.828 bits per heavy atom. The molecule has 11 heteroatoms. The zero-order valence-corrected chi connectivity index (χ0v) is 13.9. The standard InChI is InChI=1S/C18H8F8N2O/c19-12-13(20)15(22)17(16(23)14(12)21)28-27-7-10-4-5-11(29-10)8-2-1-3-9(6-8)18(24,25)26/h1-7,28H/b27-7-. The molecule has 0 spiro atoms. The minimum atomic E-state index is -4.55. The molecule has 0 aliphatic carbocycles. The summed E-state index contributed by atoms with van der Waals surface area (Å²) in [6.07, 6.45) is -3.71. The second-order valence-electron chi connectivity index (χ2n) is 5.60. The van der Waals surface area contributed by atoms with Gasteiger partial charge < -0.3 is 4.42 Å². The number of halogens is 8. The van der Waals surface area contributed by atoms with Crippen LogP contribution in [0, 0.1) is 29.1 Å². The molecule has 0 saturated heterocycles. The van der Waals surface area contributed by atoms with Crippen molar-refractivity contribution in [1.29, 1.82) is 0 Å². The van der Waals surface area contributed by atoms with Crippen LogP contribution in [0.4, 0.5) is 40.8 Å². The molecule has 0 aliphatic heterocycles. The van der Waals surface area contributed by atoms with E-state index in [1.165, 1.54) is 24.3 Å². The molecule has 0 saturated carbocycles. The predicted octanol–water partition coefficient (Wildman–Crippen LogP) is 6.11. The monoisotopic (exact) mass is 420 g/mol. The number of hydrogen-bond acceptors (Lipinski definition) is 3. The number of furan rings is 1. The Hall–Kier alpha value is -3.37. The van der Waals surface area contributed by atoms with Crippen LogP contribution < -0.4 is 5.43 Å². The van der Waals surface area contributed by atoms with E-state index in [0.717, 1.165) is 18.3 Å². The molecule has 0 amide bonds.